The van der Waals surface area contributed by atoms with Crippen LogP contribution in [-0.2, 0) is 6.18 Å². The minimum Gasteiger partial charge on any atom is -0.398 e. The molecule has 2 rings (SSSR count). The van der Waals surface area contributed by atoms with Crippen LogP contribution in [0.15, 0.2) is 42.5 Å². The fourth-order valence-corrected chi connectivity index (χ4v) is 1.76. The van der Waals surface area contributed by atoms with Gasteiger partial charge in [0.2, 0.25) is 0 Å². The molecule has 5 heteroatoms. The summed E-state index contributed by atoms with van der Waals surface area (Å²) in [7, 11) is 0. The van der Waals surface area contributed by atoms with E-state index in [2.05, 4.69) is 0 Å². The van der Waals surface area contributed by atoms with Crippen molar-refractivity contribution in [3.63, 3.8) is 0 Å². The zero-order valence-corrected chi connectivity index (χ0v) is 9.89. The summed E-state index contributed by atoms with van der Waals surface area (Å²) in [5.74, 6) is 0. The molecule has 0 aliphatic heterocycles. The van der Waals surface area contributed by atoms with E-state index in [1.165, 1.54) is 6.07 Å². The van der Waals surface area contributed by atoms with Gasteiger partial charge < -0.3 is 5.73 Å². The Bertz CT molecular complexity index is 579. The summed E-state index contributed by atoms with van der Waals surface area (Å²) in [5, 5.41) is 0.324. The predicted molar refractivity (Wildman–Crippen MR) is 66.3 cm³/mol. The molecule has 0 aromatic heterocycles. The highest BCUT2D eigenvalue weighted by Crippen LogP contribution is 2.33. The van der Waals surface area contributed by atoms with Crippen LogP contribution in [0.4, 0.5) is 18.9 Å². The van der Waals surface area contributed by atoms with Crippen molar-refractivity contribution in [1.82, 2.24) is 0 Å². The van der Waals surface area contributed by atoms with Crippen LogP contribution in [0.25, 0.3) is 11.1 Å². The molecule has 0 unspecified atom stereocenters. The lowest BCUT2D eigenvalue weighted by atomic mass is 10.0. The topological polar surface area (TPSA) is 26.0 Å². The molecule has 94 valence electrons. The van der Waals surface area contributed by atoms with E-state index in [0.717, 1.165) is 12.1 Å². The molecule has 0 bridgehead atoms. The third kappa shape index (κ3) is 2.59. The first-order valence-electron chi connectivity index (χ1n) is 5.10. The number of alkyl halides is 3. The maximum absolute atomic E-state index is 12.6. The fourth-order valence-electron chi connectivity index (χ4n) is 1.58. The number of benzene rings is 2. The largest absolute Gasteiger partial charge is 0.416 e. The Morgan fingerprint density at radius 3 is 2.22 bits per heavy atom. The van der Waals surface area contributed by atoms with Gasteiger partial charge >= 0.3 is 6.18 Å². The van der Waals surface area contributed by atoms with Crippen molar-refractivity contribution in [2.24, 2.45) is 0 Å². The van der Waals surface area contributed by atoms with Gasteiger partial charge in [-0.15, -0.1) is 0 Å². The lowest BCUT2D eigenvalue weighted by Crippen LogP contribution is -2.04. The summed E-state index contributed by atoms with van der Waals surface area (Å²) >= 11 is 5.85. The molecule has 0 fully saturated rings. The minimum absolute atomic E-state index is 0.324. The molecule has 2 N–H and O–H groups in total. The van der Waals surface area contributed by atoms with E-state index in [0.29, 0.717) is 21.8 Å². The zero-order valence-electron chi connectivity index (χ0n) is 9.13. The highest BCUT2D eigenvalue weighted by Gasteiger charge is 2.30. The Labute approximate surface area is 107 Å². The number of hydrogen-bond acceptors (Lipinski definition) is 1. The third-order valence-electron chi connectivity index (χ3n) is 2.52. The second-order valence-corrected chi connectivity index (χ2v) is 4.22. The summed E-state index contributed by atoms with van der Waals surface area (Å²) in [6.45, 7) is 0. The second-order valence-electron chi connectivity index (χ2n) is 3.81. The van der Waals surface area contributed by atoms with Gasteiger partial charge in [0.1, 0.15) is 0 Å². The second kappa shape index (κ2) is 4.53. The van der Waals surface area contributed by atoms with Gasteiger partial charge in [0, 0.05) is 0 Å². The molecule has 0 saturated heterocycles. The van der Waals surface area contributed by atoms with Gasteiger partial charge in [-0.1, -0.05) is 29.8 Å². The standard InChI is InChI=1S/C13H9ClF3N/c14-11-7-9(4-5-12(11)18)8-2-1-3-10(6-8)13(15,16)17/h1-7H,18H2. The van der Waals surface area contributed by atoms with Gasteiger partial charge in [-0.2, -0.15) is 13.2 Å². The number of nitrogen functional groups attached to an aromatic ring is 1. The molecule has 2 aromatic rings. The van der Waals surface area contributed by atoms with Crippen LogP contribution >= 0.6 is 11.6 Å². The number of anilines is 1. The van der Waals surface area contributed by atoms with E-state index >= 15 is 0 Å². The molecule has 0 amide bonds. The molecule has 0 aliphatic rings. The van der Waals surface area contributed by atoms with E-state index < -0.39 is 11.7 Å². The van der Waals surface area contributed by atoms with Crippen molar-refractivity contribution in [2.45, 2.75) is 6.18 Å². The number of halogens is 4. The molecule has 0 spiro atoms. The van der Waals surface area contributed by atoms with Crippen LogP contribution in [-0.4, -0.2) is 0 Å². The quantitative estimate of drug-likeness (QED) is 0.753. The van der Waals surface area contributed by atoms with E-state index in [1.807, 2.05) is 0 Å². The minimum atomic E-state index is -4.35. The Morgan fingerprint density at radius 1 is 0.944 bits per heavy atom. The van der Waals surface area contributed by atoms with Crippen molar-refractivity contribution in [3.8, 4) is 11.1 Å². The van der Waals surface area contributed by atoms with E-state index in [4.69, 9.17) is 17.3 Å². The predicted octanol–water partition coefficient (Wildman–Crippen LogP) is 4.61. The first-order chi connectivity index (χ1) is 8.38. The highest BCUT2D eigenvalue weighted by molar-refractivity contribution is 6.33. The summed E-state index contributed by atoms with van der Waals surface area (Å²) < 4.78 is 37.7. The van der Waals surface area contributed by atoms with Crippen molar-refractivity contribution in [1.29, 1.82) is 0 Å². The average molecular weight is 272 g/mol. The summed E-state index contributed by atoms with van der Waals surface area (Å²) in [6, 6.07) is 9.82. The number of hydrogen-bond donors (Lipinski definition) is 1. The lowest BCUT2D eigenvalue weighted by Gasteiger charge is -2.09. The Morgan fingerprint density at radius 2 is 1.61 bits per heavy atom. The van der Waals surface area contributed by atoms with Gasteiger partial charge in [0.05, 0.1) is 16.3 Å². The van der Waals surface area contributed by atoms with Crippen LogP contribution in [0.1, 0.15) is 5.56 Å². The molecule has 0 saturated carbocycles. The summed E-state index contributed by atoms with van der Waals surface area (Å²) in [6.07, 6.45) is -4.35. The van der Waals surface area contributed by atoms with Gasteiger partial charge in [0.25, 0.3) is 0 Å². The van der Waals surface area contributed by atoms with Crippen LogP contribution in [0.3, 0.4) is 0 Å². The molecule has 0 aliphatic carbocycles. The van der Waals surface area contributed by atoms with Gasteiger partial charge in [-0.25, -0.2) is 0 Å². The van der Waals surface area contributed by atoms with E-state index in [-0.39, 0.29) is 0 Å². The Hall–Kier alpha value is -1.68. The lowest BCUT2D eigenvalue weighted by molar-refractivity contribution is -0.137. The molecule has 0 atom stereocenters. The van der Waals surface area contributed by atoms with Gasteiger partial charge in [0.15, 0.2) is 0 Å². The van der Waals surface area contributed by atoms with Crippen LogP contribution in [0, 0.1) is 0 Å². The van der Waals surface area contributed by atoms with Crippen molar-refractivity contribution in [2.75, 3.05) is 5.73 Å². The van der Waals surface area contributed by atoms with Gasteiger partial charge in [-0.3, -0.25) is 0 Å². The monoisotopic (exact) mass is 271 g/mol. The summed E-state index contributed by atoms with van der Waals surface area (Å²) in [5.41, 5.74) is 6.31. The normalized spacial score (nSPS) is 11.6. The smallest absolute Gasteiger partial charge is 0.398 e. The number of nitrogens with two attached hydrogens (primary N) is 1. The van der Waals surface area contributed by atoms with Gasteiger partial charge in [-0.05, 0) is 35.4 Å². The third-order valence-corrected chi connectivity index (χ3v) is 2.85. The zero-order chi connectivity index (χ0) is 13.3. The Balaban J connectivity index is 2.48. The average Bonchev–Trinajstić information content (AvgIpc) is 2.32. The first-order valence-corrected chi connectivity index (χ1v) is 5.48. The highest BCUT2D eigenvalue weighted by atomic mass is 35.5. The molecule has 18 heavy (non-hydrogen) atoms. The molecular formula is C13H9ClF3N. The molecule has 0 radical (unpaired) electrons. The summed E-state index contributed by atoms with van der Waals surface area (Å²) in [4.78, 5) is 0. The van der Waals surface area contributed by atoms with Crippen LogP contribution in [0.2, 0.25) is 5.02 Å². The molecule has 1 nitrogen and oxygen atoms in total. The SMILES string of the molecule is Nc1ccc(-c2cccc(C(F)(F)F)c2)cc1Cl. The van der Waals surface area contributed by atoms with Crippen molar-refractivity contribution < 1.29 is 13.2 Å². The maximum atomic E-state index is 12.6. The first kappa shape index (κ1) is 12.8. The van der Waals surface area contributed by atoms with E-state index in [1.54, 1.807) is 24.3 Å². The fraction of sp³-hybridized carbons (Fsp3) is 0.0769. The number of rotatable bonds is 1. The molecule has 2 aromatic carbocycles. The molecular weight excluding hydrogens is 263 g/mol. The Kier molecular flexibility index (Phi) is 3.22. The molecule has 0 heterocycles. The van der Waals surface area contributed by atoms with Crippen molar-refractivity contribution >= 4 is 17.3 Å². The van der Waals surface area contributed by atoms with E-state index in [9.17, 15) is 13.2 Å². The van der Waals surface area contributed by atoms with Crippen LogP contribution < -0.4 is 5.73 Å². The van der Waals surface area contributed by atoms with Crippen molar-refractivity contribution in [3.05, 3.63) is 53.1 Å². The maximum Gasteiger partial charge on any atom is 0.416 e. The van der Waals surface area contributed by atoms with Crippen LogP contribution in [0.5, 0.6) is 0 Å².